The third-order valence-electron chi connectivity index (χ3n) is 3.25. The number of ether oxygens (including phenoxy) is 1. The number of halogens is 1. The van der Waals surface area contributed by atoms with Crippen molar-refractivity contribution in [1.29, 1.82) is 5.26 Å². The van der Waals surface area contributed by atoms with Crippen molar-refractivity contribution in [3.63, 3.8) is 0 Å². The Kier molecular flexibility index (Phi) is 6.23. The number of hydrogen-bond acceptors (Lipinski definition) is 4. The fourth-order valence-electron chi connectivity index (χ4n) is 2.10. The van der Waals surface area contributed by atoms with Gasteiger partial charge in [0.2, 0.25) is 0 Å². The molecule has 1 atom stereocenters. The third kappa shape index (κ3) is 3.90. The molecule has 1 aliphatic heterocycles. The predicted molar refractivity (Wildman–Crippen MR) is 74.1 cm³/mol. The molecule has 1 aliphatic rings. The Morgan fingerprint density at radius 3 is 2.68 bits per heavy atom. The summed E-state index contributed by atoms with van der Waals surface area (Å²) in [6.45, 7) is 5.47. The monoisotopic (exact) mass is 282 g/mol. The Hall–Kier alpha value is -1.15. The van der Waals surface area contributed by atoms with E-state index in [1.807, 2.05) is 6.07 Å². The number of nitriles is 1. The molecular weight excluding hydrogens is 264 g/mol. The number of hydrogen-bond donors (Lipinski definition) is 1. The average molecular weight is 283 g/mol. The standard InChI is InChI=1S/C12H13ClN2O.C2H6O/c1-2-12(3-4-16-8-12)10-5-9(7-14)6-11(13)15-10;1-2-3/h5-6H,2-4,8H2,1H3;3H,2H2,1H3/t12-;/m1./s1. The molecule has 0 spiro atoms. The lowest BCUT2D eigenvalue weighted by Crippen LogP contribution is -2.27. The second-order valence-corrected chi connectivity index (χ2v) is 4.82. The van der Waals surface area contributed by atoms with Crippen molar-refractivity contribution in [2.24, 2.45) is 0 Å². The molecule has 2 heterocycles. The molecule has 0 aromatic carbocycles. The molecule has 1 aromatic rings. The van der Waals surface area contributed by atoms with Gasteiger partial charge in [-0.1, -0.05) is 18.5 Å². The van der Waals surface area contributed by atoms with Gasteiger partial charge < -0.3 is 9.84 Å². The minimum Gasteiger partial charge on any atom is -0.397 e. The van der Waals surface area contributed by atoms with E-state index in [-0.39, 0.29) is 12.0 Å². The van der Waals surface area contributed by atoms with E-state index in [9.17, 15) is 0 Å². The summed E-state index contributed by atoms with van der Waals surface area (Å²) >= 11 is 5.92. The number of rotatable bonds is 2. The molecule has 0 radical (unpaired) electrons. The van der Waals surface area contributed by atoms with Crippen LogP contribution in [-0.2, 0) is 10.2 Å². The lowest BCUT2D eigenvalue weighted by molar-refractivity contribution is 0.174. The fourth-order valence-corrected chi connectivity index (χ4v) is 2.31. The highest BCUT2D eigenvalue weighted by Gasteiger charge is 2.36. The lowest BCUT2D eigenvalue weighted by Gasteiger charge is -2.25. The summed E-state index contributed by atoms with van der Waals surface area (Å²) in [6.07, 6.45) is 1.90. The van der Waals surface area contributed by atoms with Crippen molar-refractivity contribution in [2.45, 2.75) is 32.1 Å². The molecule has 1 saturated heterocycles. The summed E-state index contributed by atoms with van der Waals surface area (Å²) in [5.74, 6) is 0. The summed E-state index contributed by atoms with van der Waals surface area (Å²) in [6, 6.07) is 5.52. The Morgan fingerprint density at radius 1 is 1.53 bits per heavy atom. The van der Waals surface area contributed by atoms with Gasteiger partial charge in [0.15, 0.2) is 0 Å². The molecule has 1 N–H and O–H groups in total. The molecule has 104 valence electrons. The zero-order chi connectivity index (χ0) is 14.3. The molecule has 0 amide bonds. The van der Waals surface area contributed by atoms with E-state index in [0.717, 1.165) is 25.1 Å². The Morgan fingerprint density at radius 2 is 2.21 bits per heavy atom. The molecule has 2 rings (SSSR count). The van der Waals surface area contributed by atoms with Gasteiger partial charge in [-0.2, -0.15) is 5.26 Å². The Bertz CT molecular complexity index is 451. The number of aliphatic hydroxyl groups excluding tert-OH is 1. The van der Waals surface area contributed by atoms with Crippen LogP contribution in [0.1, 0.15) is 37.9 Å². The van der Waals surface area contributed by atoms with Gasteiger partial charge >= 0.3 is 0 Å². The molecule has 5 heteroatoms. The van der Waals surface area contributed by atoms with Gasteiger partial charge in [-0.3, -0.25) is 0 Å². The number of aliphatic hydroxyl groups is 1. The molecule has 1 aromatic heterocycles. The van der Waals surface area contributed by atoms with Crippen LogP contribution in [0.5, 0.6) is 0 Å². The van der Waals surface area contributed by atoms with Crippen LogP contribution in [-0.4, -0.2) is 29.9 Å². The molecule has 0 aliphatic carbocycles. The maximum atomic E-state index is 8.92. The smallest absolute Gasteiger partial charge is 0.130 e. The second kappa shape index (κ2) is 7.44. The Balaban J connectivity index is 0.000000550. The van der Waals surface area contributed by atoms with Crippen molar-refractivity contribution >= 4 is 11.6 Å². The topological polar surface area (TPSA) is 66.1 Å². The van der Waals surface area contributed by atoms with Crippen LogP contribution in [0.2, 0.25) is 5.15 Å². The van der Waals surface area contributed by atoms with E-state index >= 15 is 0 Å². The van der Waals surface area contributed by atoms with Gasteiger partial charge in [-0.05, 0) is 31.9 Å². The molecule has 1 fully saturated rings. The third-order valence-corrected chi connectivity index (χ3v) is 3.44. The van der Waals surface area contributed by atoms with Gasteiger partial charge in [0, 0.05) is 18.6 Å². The highest BCUT2D eigenvalue weighted by atomic mass is 35.5. The second-order valence-electron chi connectivity index (χ2n) is 4.43. The molecule has 4 nitrogen and oxygen atoms in total. The van der Waals surface area contributed by atoms with Crippen molar-refractivity contribution in [2.75, 3.05) is 19.8 Å². The first kappa shape index (κ1) is 15.9. The zero-order valence-electron chi connectivity index (χ0n) is 11.3. The summed E-state index contributed by atoms with van der Waals surface area (Å²) in [4.78, 5) is 4.34. The predicted octanol–water partition coefficient (Wildman–Crippen LogP) is 2.67. The summed E-state index contributed by atoms with van der Waals surface area (Å²) in [7, 11) is 0. The summed E-state index contributed by atoms with van der Waals surface area (Å²) in [5.41, 5.74) is 1.39. The van der Waals surface area contributed by atoms with Crippen molar-refractivity contribution in [3.8, 4) is 6.07 Å². The van der Waals surface area contributed by atoms with Gasteiger partial charge in [-0.15, -0.1) is 0 Å². The first-order valence-electron chi connectivity index (χ1n) is 6.38. The van der Waals surface area contributed by atoms with E-state index in [2.05, 4.69) is 18.0 Å². The highest BCUT2D eigenvalue weighted by Crippen LogP contribution is 2.36. The molecule has 0 unspecified atom stereocenters. The van der Waals surface area contributed by atoms with Gasteiger partial charge in [-0.25, -0.2) is 4.98 Å². The van der Waals surface area contributed by atoms with Crippen LogP contribution >= 0.6 is 11.6 Å². The highest BCUT2D eigenvalue weighted by molar-refractivity contribution is 6.29. The van der Waals surface area contributed by atoms with Crippen molar-refractivity contribution in [3.05, 3.63) is 28.5 Å². The first-order chi connectivity index (χ1) is 9.11. The van der Waals surface area contributed by atoms with Gasteiger partial charge in [0.1, 0.15) is 5.15 Å². The van der Waals surface area contributed by atoms with Crippen LogP contribution in [0.15, 0.2) is 12.1 Å². The zero-order valence-corrected chi connectivity index (χ0v) is 12.1. The van der Waals surface area contributed by atoms with Crippen LogP contribution in [0, 0.1) is 11.3 Å². The maximum absolute atomic E-state index is 8.92. The van der Waals surface area contributed by atoms with Crippen LogP contribution in [0.25, 0.3) is 0 Å². The van der Waals surface area contributed by atoms with E-state index < -0.39 is 0 Å². The number of aromatic nitrogens is 1. The minimum absolute atomic E-state index is 0.0590. The number of nitrogens with zero attached hydrogens (tertiary/aromatic N) is 2. The average Bonchev–Trinajstić information content (AvgIpc) is 2.89. The normalized spacial score (nSPS) is 21.4. The van der Waals surface area contributed by atoms with E-state index in [0.29, 0.717) is 17.3 Å². The fraction of sp³-hybridized carbons (Fsp3) is 0.571. The first-order valence-corrected chi connectivity index (χ1v) is 6.76. The van der Waals surface area contributed by atoms with E-state index in [4.69, 9.17) is 26.7 Å². The maximum Gasteiger partial charge on any atom is 0.130 e. The van der Waals surface area contributed by atoms with Crippen molar-refractivity contribution in [1.82, 2.24) is 4.98 Å². The molecule has 0 bridgehead atoms. The van der Waals surface area contributed by atoms with Gasteiger partial charge in [0.25, 0.3) is 0 Å². The molecule has 0 saturated carbocycles. The quantitative estimate of drug-likeness (QED) is 0.847. The molecule has 19 heavy (non-hydrogen) atoms. The van der Waals surface area contributed by atoms with Crippen molar-refractivity contribution < 1.29 is 9.84 Å². The van der Waals surface area contributed by atoms with Crippen LogP contribution in [0.3, 0.4) is 0 Å². The molecular formula is C14H19ClN2O2. The largest absolute Gasteiger partial charge is 0.397 e. The lowest BCUT2D eigenvalue weighted by atomic mass is 9.80. The van der Waals surface area contributed by atoms with Gasteiger partial charge in [0.05, 0.1) is 23.9 Å². The number of pyridine rings is 1. The minimum atomic E-state index is -0.0590. The van der Waals surface area contributed by atoms with Crippen LogP contribution in [0.4, 0.5) is 0 Å². The summed E-state index contributed by atoms with van der Waals surface area (Å²) < 4.78 is 5.45. The van der Waals surface area contributed by atoms with E-state index in [1.54, 1.807) is 13.0 Å². The summed E-state index contributed by atoms with van der Waals surface area (Å²) in [5, 5.41) is 16.9. The SMILES string of the molecule is CCO.CC[C@@]1(c2cc(C#N)cc(Cl)n2)CCOC1. The van der Waals surface area contributed by atoms with Crippen LogP contribution < -0.4 is 0 Å². The van der Waals surface area contributed by atoms with E-state index in [1.165, 1.54) is 0 Å². The Labute approximate surface area is 119 Å².